The lowest BCUT2D eigenvalue weighted by atomic mass is 10.1. The van der Waals surface area contributed by atoms with E-state index in [4.69, 9.17) is 15.2 Å². The van der Waals surface area contributed by atoms with Crippen LogP contribution < -0.4 is 10.5 Å². The third-order valence-electron chi connectivity index (χ3n) is 2.08. The number of rotatable bonds is 5. The maximum atomic E-state index is 13.6. The molecule has 1 rings (SSSR count). The van der Waals surface area contributed by atoms with Crippen LogP contribution in [0.3, 0.4) is 0 Å². The molecule has 0 aliphatic carbocycles. The van der Waals surface area contributed by atoms with E-state index in [1.807, 2.05) is 6.07 Å². The lowest BCUT2D eigenvalue weighted by Crippen LogP contribution is -1.97. The summed E-state index contributed by atoms with van der Waals surface area (Å²) in [6.45, 7) is 0.768. The molecule has 0 unspecified atom stereocenters. The highest BCUT2D eigenvalue weighted by molar-refractivity contribution is 5.59. The van der Waals surface area contributed by atoms with Crippen LogP contribution in [0.4, 0.5) is 4.39 Å². The average Bonchev–Trinajstić information content (AvgIpc) is 2.26. The fourth-order valence-electron chi connectivity index (χ4n) is 1.46. The molecule has 0 fully saturated rings. The fraction of sp³-hybridized carbons (Fsp3) is 0.333. The summed E-state index contributed by atoms with van der Waals surface area (Å²) in [6.07, 6.45) is 3.48. The van der Waals surface area contributed by atoms with E-state index in [0.717, 1.165) is 5.56 Å². The number of methoxy groups -OCH3 is 2. The first kappa shape index (κ1) is 12.7. The summed E-state index contributed by atoms with van der Waals surface area (Å²) in [5, 5.41) is 0. The van der Waals surface area contributed by atoms with E-state index < -0.39 is 5.82 Å². The van der Waals surface area contributed by atoms with Crippen molar-refractivity contribution in [2.24, 2.45) is 5.73 Å². The van der Waals surface area contributed by atoms with Gasteiger partial charge in [-0.1, -0.05) is 12.2 Å². The highest BCUT2D eigenvalue weighted by atomic mass is 19.1. The molecule has 0 spiro atoms. The van der Waals surface area contributed by atoms with E-state index in [1.165, 1.54) is 13.2 Å². The van der Waals surface area contributed by atoms with Gasteiger partial charge in [0.05, 0.1) is 13.7 Å². The van der Waals surface area contributed by atoms with E-state index in [2.05, 4.69) is 0 Å². The number of benzene rings is 1. The Bertz CT molecular complexity index is 378. The van der Waals surface area contributed by atoms with Crippen molar-refractivity contribution in [2.45, 2.75) is 6.61 Å². The van der Waals surface area contributed by atoms with Crippen molar-refractivity contribution >= 4 is 6.08 Å². The molecule has 0 atom stereocenters. The van der Waals surface area contributed by atoms with Crippen molar-refractivity contribution in [3.8, 4) is 5.75 Å². The van der Waals surface area contributed by atoms with Gasteiger partial charge in [-0.2, -0.15) is 0 Å². The van der Waals surface area contributed by atoms with Gasteiger partial charge in [-0.05, 0) is 17.7 Å². The molecule has 0 bridgehead atoms. The molecule has 1 aromatic carbocycles. The molecule has 0 aliphatic rings. The predicted molar refractivity (Wildman–Crippen MR) is 61.8 cm³/mol. The van der Waals surface area contributed by atoms with Gasteiger partial charge in [0.1, 0.15) is 0 Å². The first-order valence-electron chi connectivity index (χ1n) is 4.95. The third kappa shape index (κ3) is 3.05. The van der Waals surface area contributed by atoms with Gasteiger partial charge >= 0.3 is 0 Å². The van der Waals surface area contributed by atoms with E-state index in [0.29, 0.717) is 18.7 Å². The fourth-order valence-corrected chi connectivity index (χ4v) is 1.46. The van der Waals surface area contributed by atoms with Gasteiger partial charge in [0, 0.05) is 19.2 Å². The summed E-state index contributed by atoms with van der Waals surface area (Å²) in [5.74, 6) is -0.168. The second-order valence-corrected chi connectivity index (χ2v) is 3.27. The smallest absolute Gasteiger partial charge is 0.166 e. The predicted octanol–water partition coefficient (Wildman–Crippen LogP) is 1.95. The van der Waals surface area contributed by atoms with Gasteiger partial charge in [-0.25, -0.2) is 4.39 Å². The summed E-state index contributed by atoms with van der Waals surface area (Å²) in [7, 11) is 3.01. The summed E-state index contributed by atoms with van der Waals surface area (Å²) >= 11 is 0. The number of ether oxygens (including phenoxy) is 2. The standard InChI is InChI=1S/C12H16FNO2/c1-15-8-9-6-10(4-3-5-14)12(16-2)11(13)7-9/h3-4,6-7H,5,8,14H2,1-2H3/b4-3+. The van der Waals surface area contributed by atoms with Crippen LogP contribution in [0.15, 0.2) is 18.2 Å². The molecule has 1 aromatic rings. The van der Waals surface area contributed by atoms with Gasteiger partial charge in [-0.15, -0.1) is 0 Å². The van der Waals surface area contributed by atoms with Crippen LogP contribution in [0.5, 0.6) is 5.75 Å². The Morgan fingerprint density at radius 3 is 2.69 bits per heavy atom. The molecule has 3 nitrogen and oxygen atoms in total. The van der Waals surface area contributed by atoms with Crippen LogP contribution in [0, 0.1) is 5.82 Å². The second kappa shape index (κ2) is 6.25. The van der Waals surface area contributed by atoms with Crippen molar-refractivity contribution in [3.05, 3.63) is 35.2 Å². The Hall–Kier alpha value is -1.39. The first-order chi connectivity index (χ1) is 7.72. The number of hydrogen-bond acceptors (Lipinski definition) is 3. The monoisotopic (exact) mass is 225 g/mol. The Morgan fingerprint density at radius 1 is 1.38 bits per heavy atom. The topological polar surface area (TPSA) is 44.5 Å². The third-order valence-corrected chi connectivity index (χ3v) is 2.08. The zero-order valence-corrected chi connectivity index (χ0v) is 9.50. The highest BCUT2D eigenvalue weighted by Gasteiger charge is 2.09. The minimum atomic E-state index is -0.395. The minimum absolute atomic E-state index is 0.226. The van der Waals surface area contributed by atoms with Crippen LogP contribution in [-0.2, 0) is 11.3 Å². The molecule has 16 heavy (non-hydrogen) atoms. The second-order valence-electron chi connectivity index (χ2n) is 3.27. The Morgan fingerprint density at radius 2 is 2.12 bits per heavy atom. The Balaban J connectivity index is 3.14. The van der Waals surface area contributed by atoms with Crippen LogP contribution in [0.25, 0.3) is 6.08 Å². The van der Waals surface area contributed by atoms with Crippen LogP contribution >= 0.6 is 0 Å². The Kier molecular flexibility index (Phi) is 4.95. The van der Waals surface area contributed by atoms with Crippen molar-refractivity contribution in [2.75, 3.05) is 20.8 Å². The first-order valence-corrected chi connectivity index (χ1v) is 4.95. The van der Waals surface area contributed by atoms with Crippen LogP contribution in [0.1, 0.15) is 11.1 Å². The molecular weight excluding hydrogens is 209 g/mol. The molecule has 0 heterocycles. The largest absolute Gasteiger partial charge is 0.493 e. The van der Waals surface area contributed by atoms with Gasteiger partial charge in [0.2, 0.25) is 0 Å². The molecule has 0 radical (unpaired) electrons. The average molecular weight is 225 g/mol. The van der Waals surface area contributed by atoms with Crippen molar-refractivity contribution in [1.29, 1.82) is 0 Å². The maximum Gasteiger partial charge on any atom is 0.166 e. The van der Waals surface area contributed by atoms with Crippen molar-refractivity contribution < 1.29 is 13.9 Å². The summed E-state index contributed by atoms with van der Waals surface area (Å²) in [4.78, 5) is 0. The van der Waals surface area contributed by atoms with E-state index in [1.54, 1.807) is 19.3 Å². The summed E-state index contributed by atoms with van der Waals surface area (Å²) in [6, 6.07) is 3.22. The van der Waals surface area contributed by atoms with Gasteiger partial charge in [0.15, 0.2) is 11.6 Å². The lowest BCUT2D eigenvalue weighted by molar-refractivity contribution is 0.184. The molecule has 88 valence electrons. The maximum absolute atomic E-state index is 13.6. The summed E-state index contributed by atoms with van der Waals surface area (Å²) < 4.78 is 23.6. The highest BCUT2D eigenvalue weighted by Crippen LogP contribution is 2.26. The lowest BCUT2D eigenvalue weighted by Gasteiger charge is -2.09. The number of nitrogens with two attached hydrogens (primary N) is 1. The van der Waals surface area contributed by atoms with E-state index >= 15 is 0 Å². The van der Waals surface area contributed by atoms with Crippen LogP contribution in [0.2, 0.25) is 0 Å². The number of halogens is 1. The Labute approximate surface area is 94.7 Å². The zero-order valence-electron chi connectivity index (χ0n) is 9.50. The zero-order chi connectivity index (χ0) is 12.0. The molecule has 0 amide bonds. The molecule has 0 aromatic heterocycles. The van der Waals surface area contributed by atoms with Gasteiger partial charge in [-0.3, -0.25) is 0 Å². The van der Waals surface area contributed by atoms with Crippen molar-refractivity contribution in [1.82, 2.24) is 0 Å². The molecular formula is C12H16FNO2. The molecule has 4 heteroatoms. The normalized spacial score (nSPS) is 11.0. The number of hydrogen-bond donors (Lipinski definition) is 1. The quantitative estimate of drug-likeness (QED) is 0.833. The SMILES string of the molecule is COCc1cc(F)c(OC)c(/C=C/CN)c1. The molecule has 2 N–H and O–H groups in total. The molecule has 0 aliphatic heterocycles. The van der Waals surface area contributed by atoms with E-state index in [9.17, 15) is 4.39 Å². The minimum Gasteiger partial charge on any atom is -0.493 e. The molecule has 0 saturated heterocycles. The van der Waals surface area contributed by atoms with E-state index in [-0.39, 0.29) is 5.75 Å². The summed E-state index contributed by atoms with van der Waals surface area (Å²) in [5.41, 5.74) is 6.78. The van der Waals surface area contributed by atoms with Gasteiger partial charge < -0.3 is 15.2 Å². The molecule has 0 saturated carbocycles. The van der Waals surface area contributed by atoms with Crippen LogP contribution in [-0.4, -0.2) is 20.8 Å². The van der Waals surface area contributed by atoms with Crippen molar-refractivity contribution in [3.63, 3.8) is 0 Å². The van der Waals surface area contributed by atoms with Gasteiger partial charge in [0.25, 0.3) is 0 Å².